The standard InChI is InChI=1S/C13H15BrO3.C13H15ClO3.C11H10Br2O3.C11H11BrO3.C11H9BrO3.C11H11ClO3.Na.6H2S/c2*1-8(13(15)16)17-12-6-5-10(14)7-11(12)9-3-2-4-9;1-7(11(14)15)16-10-3-2-9(13)6-8(10)4-5-12;3*1-3-8-6-9(12)4-5-10(8)15-7(2)11(13)14;;;;;;;/h2*5-9H,2-4H2,1H3,(H,15,16);2-7H,1H3,(H,14,15);3-7H,1H2,2H3,(H,13,14);1,4-7H,2H3,(H,13,14);3-7H,1H2,2H3,(H,13,14);;6*1H2/q;;;;;;+1;;;;;;/p-1/b;;5-4+;;;;;;;;;;/t2*8-;4*7-;;;;;;;/m000000......./s1. The smallest absolute Gasteiger partial charge is 0.546 e. The number of benzene rings is 6. The number of hydrogen-bond donors (Lipinski definition) is 5. The summed E-state index contributed by atoms with van der Waals surface area (Å²) in [6, 6.07) is 31.8. The van der Waals surface area contributed by atoms with E-state index in [1.165, 1.54) is 47.5 Å². The fourth-order valence-corrected chi connectivity index (χ4v) is 10.0. The summed E-state index contributed by atoms with van der Waals surface area (Å²) in [7, 11) is 0. The van der Waals surface area contributed by atoms with Crippen LogP contribution >= 0.6 is 184 Å². The summed E-state index contributed by atoms with van der Waals surface area (Å²) in [6.45, 7) is 16.1. The Morgan fingerprint density at radius 3 is 1.10 bits per heavy atom. The first-order chi connectivity index (χ1) is 44.8. The molecule has 556 valence electrons. The van der Waals surface area contributed by atoms with Gasteiger partial charge in [-0.15, -0.1) is 6.42 Å². The van der Waals surface area contributed by atoms with E-state index in [-0.39, 0.29) is 111 Å². The average molecular weight is 1900 g/mol. The van der Waals surface area contributed by atoms with Crippen molar-refractivity contribution in [3.8, 4) is 46.8 Å². The van der Waals surface area contributed by atoms with Crippen LogP contribution in [0, 0.1) is 12.3 Å². The molecule has 2 aliphatic rings. The SMILES string of the molecule is C#Cc1cc(Br)ccc1O[C@@H](C)C(=O)O.C=Cc1cc(Br)ccc1O[C@@H](C)C(=O)O.C=Cc1cc(Cl)ccc1O[C@@H](C)C(=O)[O-].C[C@H](Oc1ccc(Br)cc1/C=C/Br)C(=O)O.C[C@H](Oc1ccc(Br)cc1C1CCC1)C(=O)O.C[C@H](Oc1ccc(Cl)cc1C1CCC1)C(=O)O.S.S.S.S.S.S.[Na+]. The molecule has 0 aromatic heterocycles. The maximum absolute atomic E-state index is 10.8. The molecule has 2 aliphatic carbocycles. The van der Waals surface area contributed by atoms with Gasteiger partial charge in [-0.3, -0.25) is 0 Å². The van der Waals surface area contributed by atoms with Crippen LogP contribution in [0.2, 0.25) is 10.0 Å². The molecular weight excluding hydrogens is 1810 g/mol. The van der Waals surface area contributed by atoms with E-state index >= 15 is 0 Å². The fraction of sp³-hybridized carbons (Fsp3) is 0.286. The summed E-state index contributed by atoms with van der Waals surface area (Å²) >= 11 is 28.3. The van der Waals surface area contributed by atoms with E-state index in [0.29, 0.717) is 67.5 Å². The molecule has 18 nitrogen and oxygen atoms in total. The Labute approximate surface area is 711 Å². The molecule has 0 unspecified atom stereocenters. The van der Waals surface area contributed by atoms with Crippen molar-refractivity contribution >= 4 is 238 Å². The Morgan fingerprint density at radius 2 is 0.745 bits per heavy atom. The predicted molar refractivity (Wildman–Crippen MR) is 445 cm³/mol. The van der Waals surface area contributed by atoms with Crippen molar-refractivity contribution in [2.45, 2.75) is 129 Å². The van der Waals surface area contributed by atoms with E-state index in [9.17, 15) is 33.9 Å². The zero-order valence-electron chi connectivity index (χ0n) is 56.2. The normalized spacial score (nSPS) is 12.9. The number of ether oxygens (including phenoxy) is 6. The second-order valence-electron chi connectivity index (χ2n) is 20.7. The minimum atomic E-state index is -1.26. The zero-order chi connectivity index (χ0) is 71.2. The van der Waals surface area contributed by atoms with E-state index in [1.54, 1.807) is 103 Å². The molecule has 6 aromatic carbocycles. The molecule has 2 saturated carbocycles. The number of carbonyl (C=O) groups excluding carboxylic acids is 1. The van der Waals surface area contributed by atoms with E-state index in [4.69, 9.17) is 83.6 Å². The predicted octanol–water partition coefficient (Wildman–Crippen LogP) is 15.1. The van der Waals surface area contributed by atoms with Crippen molar-refractivity contribution in [1.82, 2.24) is 0 Å². The van der Waals surface area contributed by atoms with Crippen molar-refractivity contribution in [3.63, 3.8) is 0 Å². The number of carboxylic acids is 6. The van der Waals surface area contributed by atoms with Gasteiger partial charge in [-0.1, -0.05) is 147 Å². The van der Waals surface area contributed by atoms with Crippen LogP contribution in [0.5, 0.6) is 34.5 Å². The van der Waals surface area contributed by atoms with Gasteiger partial charge in [0.15, 0.2) is 30.5 Å². The van der Waals surface area contributed by atoms with Crippen LogP contribution < -0.4 is 63.1 Å². The molecule has 32 heteroatoms. The van der Waals surface area contributed by atoms with Crippen LogP contribution in [0.3, 0.4) is 0 Å². The quantitative estimate of drug-likeness (QED) is 0.0294. The number of carboxylic acid groups (broad SMARTS) is 6. The topological polar surface area (TPSA) is 282 Å². The van der Waals surface area contributed by atoms with E-state index in [0.717, 1.165) is 65.8 Å². The van der Waals surface area contributed by atoms with Crippen LogP contribution in [-0.2, 0) is 28.8 Å². The molecular formula is C70H82Br5Cl2NaO18S6. The van der Waals surface area contributed by atoms with Crippen molar-refractivity contribution in [3.05, 3.63) is 189 Å². The summed E-state index contributed by atoms with van der Waals surface area (Å²) in [6.07, 6.45) is 11.9. The minimum absolute atomic E-state index is 0. The molecule has 6 aromatic rings. The summed E-state index contributed by atoms with van der Waals surface area (Å²) in [5.41, 5.74) is 4.90. The first kappa shape index (κ1) is 106. The van der Waals surface area contributed by atoms with E-state index < -0.39 is 72.4 Å². The molecule has 5 N–H and O–H groups in total. The fourth-order valence-electron chi connectivity index (χ4n) is 7.89. The first-order valence-corrected chi connectivity index (χ1v) is 33.8. The third-order valence-electron chi connectivity index (χ3n) is 13.6. The Balaban J connectivity index is -0.000000364. The number of terminal acetylenes is 1. The van der Waals surface area contributed by atoms with E-state index in [2.05, 4.69) is 98.7 Å². The van der Waals surface area contributed by atoms with Crippen molar-refractivity contribution in [2.24, 2.45) is 0 Å². The maximum Gasteiger partial charge on any atom is 1.00 e. The largest absolute Gasteiger partial charge is 1.00 e. The van der Waals surface area contributed by atoms with Gasteiger partial charge in [0.05, 0.1) is 11.5 Å². The summed E-state index contributed by atoms with van der Waals surface area (Å²) in [4.78, 5) is 65.6. The monoisotopic (exact) mass is 1890 g/mol. The number of aliphatic carboxylic acids is 6. The van der Waals surface area contributed by atoms with Gasteiger partial charge in [0.2, 0.25) is 0 Å². The molecule has 8 rings (SSSR count). The second kappa shape index (κ2) is 55.3. The zero-order valence-corrected chi connectivity index (χ0v) is 73.7. The summed E-state index contributed by atoms with van der Waals surface area (Å²) < 4.78 is 35.5. The Kier molecular flexibility index (Phi) is 57.6. The van der Waals surface area contributed by atoms with Crippen LogP contribution in [0.15, 0.2) is 145 Å². The van der Waals surface area contributed by atoms with Gasteiger partial charge in [-0.05, 0) is 210 Å². The van der Waals surface area contributed by atoms with Gasteiger partial charge in [0.25, 0.3) is 0 Å². The van der Waals surface area contributed by atoms with Gasteiger partial charge in [0, 0.05) is 44.6 Å². The second-order valence-corrected chi connectivity index (χ2v) is 25.8. The van der Waals surface area contributed by atoms with Crippen LogP contribution in [0.1, 0.15) is 125 Å². The van der Waals surface area contributed by atoms with Gasteiger partial charge in [-0.2, -0.15) is 81.0 Å². The molecule has 102 heavy (non-hydrogen) atoms. The summed E-state index contributed by atoms with van der Waals surface area (Å²) in [5, 5.41) is 55.5. The van der Waals surface area contributed by atoms with E-state index in [1.807, 2.05) is 36.4 Å². The van der Waals surface area contributed by atoms with Crippen LogP contribution in [-0.4, -0.2) is 98.0 Å². The maximum atomic E-state index is 10.8. The molecule has 6 atom stereocenters. The molecule has 0 aliphatic heterocycles. The molecule has 0 heterocycles. The third kappa shape index (κ3) is 37.9. The molecule has 2 fully saturated rings. The molecule has 0 amide bonds. The van der Waals surface area contributed by atoms with Crippen molar-refractivity contribution < 1.29 is 117 Å². The van der Waals surface area contributed by atoms with Crippen molar-refractivity contribution in [2.75, 3.05) is 0 Å². The number of halogens is 7. The molecule has 0 spiro atoms. The number of carbonyl (C=O) groups is 6. The van der Waals surface area contributed by atoms with Gasteiger partial charge < -0.3 is 63.9 Å². The minimum Gasteiger partial charge on any atom is -0.546 e. The van der Waals surface area contributed by atoms with Gasteiger partial charge in [0.1, 0.15) is 40.6 Å². The molecule has 0 bridgehead atoms. The Morgan fingerprint density at radius 1 is 0.461 bits per heavy atom. The van der Waals surface area contributed by atoms with Gasteiger partial charge in [-0.25, -0.2) is 24.0 Å². The number of hydrogen-bond acceptors (Lipinski definition) is 13. The molecule has 0 saturated heterocycles. The van der Waals surface area contributed by atoms with Crippen molar-refractivity contribution in [1.29, 1.82) is 0 Å². The average Bonchev–Trinajstić information content (AvgIpc) is 0.824. The van der Waals surface area contributed by atoms with Gasteiger partial charge >= 0.3 is 59.4 Å². The van der Waals surface area contributed by atoms with Crippen LogP contribution in [0.4, 0.5) is 0 Å². The molecule has 0 radical (unpaired) electrons. The summed E-state index contributed by atoms with van der Waals surface area (Å²) in [5.74, 6) is 0.466. The third-order valence-corrected chi connectivity index (χ3v) is 16.3. The Bertz CT molecular complexity index is 3580. The first-order valence-electron chi connectivity index (χ1n) is 28.9. The number of rotatable bonds is 23. The van der Waals surface area contributed by atoms with Crippen LogP contribution in [0.25, 0.3) is 18.2 Å². The Hall–Kier alpha value is -4.20.